The Morgan fingerprint density at radius 2 is 2.36 bits per heavy atom. The molecule has 1 aromatic rings. The minimum atomic E-state index is 0.950. The van der Waals surface area contributed by atoms with Crippen molar-refractivity contribution in [2.24, 2.45) is 0 Å². The Kier molecular flexibility index (Phi) is 4.40. The number of nitrogens with zero attached hydrogens (tertiary/aromatic N) is 2. The SMILES string of the molecule is CCNCC(C)=Cc1cncn1CC. The van der Waals surface area contributed by atoms with Crippen LogP contribution in [-0.2, 0) is 6.54 Å². The number of nitrogens with one attached hydrogen (secondary N) is 1. The van der Waals surface area contributed by atoms with Gasteiger partial charge in [-0.2, -0.15) is 0 Å². The van der Waals surface area contributed by atoms with E-state index in [9.17, 15) is 0 Å². The van der Waals surface area contributed by atoms with Gasteiger partial charge in [-0.3, -0.25) is 0 Å². The predicted octanol–water partition coefficient (Wildman–Crippen LogP) is 1.92. The summed E-state index contributed by atoms with van der Waals surface area (Å²) in [5.74, 6) is 0. The first kappa shape index (κ1) is 11.0. The van der Waals surface area contributed by atoms with Crippen LogP contribution < -0.4 is 5.32 Å². The maximum absolute atomic E-state index is 4.12. The van der Waals surface area contributed by atoms with Gasteiger partial charge in [0.1, 0.15) is 0 Å². The number of aryl methyl sites for hydroxylation is 1. The molecule has 0 bridgehead atoms. The van der Waals surface area contributed by atoms with Crippen molar-refractivity contribution in [2.45, 2.75) is 27.3 Å². The van der Waals surface area contributed by atoms with E-state index in [1.807, 2.05) is 12.5 Å². The van der Waals surface area contributed by atoms with Crippen LogP contribution in [0.5, 0.6) is 0 Å². The molecule has 0 aliphatic carbocycles. The van der Waals surface area contributed by atoms with E-state index < -0.39 is 0 Å². The lowest BCUT2D eigenvalue weighted by Gasteiger charge is -2.03. The summed E-state index contributed by atoms with van der Waals surface area (Å²) in [5.41, 5.74) is 2.52. The summed E-state index contributed by atoms with van der Waals surface area (Å²) in [5, 5.41) is 3.30. The van der Waals surface area contributed by atoms with E-state index in [1.165, 1.54) is 11.3 Å². The van der Waals surface area contributed by atoms with Crippen LogP contribution in [0.25, 0.3) is 6.08 Å². The van der Waals surface area contributed by atoms with Crippen molar-refractivity contribution in [2.75, 3.05) is 13.1 Å². The second kappa shape index (κ2) is 5.60. The molecule has 0 spiro atoms. The van der Waals surface area contributed by atoms with Crippen molar-refractivity contribution in [3.05, 3.63) is 23.8 Å². The molecule has 0 saturated heterocycles. The number of hydrogen-bond acceptors (Lipinski definition) is 2. The third-order valence-corrected chi connectivity index (χ3v) is 2.13. The van der Waals surface area contributed by atoms with Crippen molar-refractivity contribution >= 4 is 6.08 Å². The van der Waals surface area contributed by atoms with Gasteiger partial charge >= 0.3 is 0 Å². The average molecular weight is 193 g/mol. The highest BCUT2D eigenvalue weighted by Gasteiger charge is 1.96. The van der Waals surface area contributed by atoms with Crippen molar-refractivity contribution in [3.8, 4) is 0 Å². The Morgan fingerprint density at radius 3 is 3.00 bits per heavy atom. The van der Waals surface area contributed by atoms with Gasteiger partial charge in [-0.1, -0.05) is 12.5 Å². The summed E-state index contributed by atoms with van der Waals surface area (Å²) in [6.45, 7) is 9.31. The van der Waals surface area contributed by atoms with Gasteiger partial charge in [0.2, 0.25) is 0 Å². The van der Waals surface area contributed by atoms with Gasteiger partial charge < -0.3 is 9.88 Å². The molecule has 0 aliphatic rings. The first-order valence-corrected chi connectivity index (χ1v) is 5.16. The molecular weight excluding hydrogens is 174 g/mol. The molecule has 0 fully saturated rings. The average Bonchev–Trinajstić information content (AvgIpc) is 2.62. The molecule has 1 rings (SSSR count). The third-order valence-electron chi connectivity index (χ3n) is 2.13. The van der Waals surface area contributed by atoms with Crippen LogP contribution in [0, 0.1) is 0 Å². The molecule has 0 unspecified atom stereocenters. The molecule has 0 saturated carbocycles. The highest BCUT2D eigenvalue weighted by atomic mass is 15.0. The number of rotatable bonds is 5. The lowest BCUT2D eigenvalue weighted by Crippen LogP contribution is -2.14. The zero-order valence-electron chi connectivity index (χ0n) is 9.25. The highest BCUT2D eigenvalue weighted by molar-refractivity contribution is 5.48. The largest absolute Gasteiger partial charge is 0.331 e. The number of imidazole rings is 1. The van der Waals surface area contributed by atoms with E-state index in [0.717, 1.165) is 19.6 Å². The highest BCUT2D eigenvalue weighted by Crippen LogP contribution is 2.05. The molecule has 0 aromatic carbocycles. The molecule has 78 valence electrons. The van der Waals surface area contributed by atoms with Crippen molar-refractivity contribution in [1.29, 1.82) is 0 Å². The number of aromatic nitrogens is 2. The standard InChI is InChI=1S/C11H19N3/c1-4-12-7-10(3)6-11-8-13-9-14(11)5-2/h6,8-9,12H,4-5,7H2,1-3H3. The molecule has 14 heavy (non-hydrogen) atoms. The number of hydrogen-bond donors (Lipinski definition) is 1. The third kappa shape index (κ3) is 3.00. The van der Waals surface area contributed by atoms with E-state index in [0.29, 0.717) is 0 Å². The van der Waals surface area contributed by atoms with Crippen LogP contribution in [0.15, 0.2) is 18.1 Å². The molecule has 3 heteroatoms. The van der Waals surface area contributed by atoms with Crippen LogP contribution in [0.2, 0.25) is 0 Å². The Bertz CT molecular complexity index is 299. The molecule has 0 amide bonds. The molecule has 1 aromatic heterocycles. The van der Waals surface area contributed by atoms with E-state index in [1.54, 1.807) is 0 Å². The van der Waals surface area contributed by atoms with Gasteiger partial charge in [-0.05, 0) is 26.5 Å². The molecule has 1 N–H and O–H groups in total. The first-order chi connectivity index (χ1) is 6.77. The van der Waals surface area contributed by atoms with Crippen LogP contribution in [-0.4, -0.2) is 22.6 Å². The Morgan fingerprint density at radius 1 is 1.57 bits per heavy atom. The van der Waals surface area contributed by atoms with Gasteiger partial charge in [-0.15, -0.1) is 0 Å². The normalized spacial score (nSPS) is 12.1. The molecule has 0 atom stereocenters. The fourth-order valence-electron chi connectivity index (χ4n) is 1.34. The van der Waals surface area contributed by atoms with E-state index >= 15 is 0 Å². The number of likely N-dealkylation sites (N-methyl/N-ethyl adjacent to an activating group) is 1. The summed E-state index contributed by atoms with van der Waals surface area (Å²) in [4.78, 5) is 4.12. The van der Waals surface area contributed by atoms with Crippen molar-refractivity contribution in [1.82, 2.24) is 14.9 Å². The minimum Gasteiger partial charge on any atom is -0.331 e. The van der Waals surface area contributed by atoms with Gasteiger partial charge in [0, 0.05) is 13.1 Å². The van der Waals surface area contributed by atoms with Gasteiger partial charge in [0.05, 0.1) is 18.2 Å². The zero-order valence-corrected chi connectivity index (χ0v) is 9.25. The van der Waals surface area contributed by atoms with Crippen LogP contribution in [0.1, 0.15) is 26.5 Å². The van der Waals surface area contributed by atoms with Crippen LogP contribution in [0.4, 0.5) is 0 Å². The second-order valence-electron chi connectivity index (χ2n) is 3.38. The monoisotopic (exact) mass is 193 g/mol. The fourth-order valence-corrected chi connectivity index (χ4v) is 1.34. The predicted molar refractivity (Wildman–Crippen MR) is 60.1 cm³/mol. The molecule has 0 radical (unpaired) electrons. The maximum Gasteiger partial charge on any atom is 0.0950 e. The fraction of sp³-hybridized carbons (Fsp3) is 0.545. The zero-order chi connectivity index (χ0) is 10.4. The van der Waals surface area contributed by atoms with Gasteiger partial charge in [0.25, 0.3) is 0 Å². The Hall–Kier alpha value is -1.09. The quantitative estimate of drug-likeness (QED) is 0.774. The Balaban J connectivity index is 2.65. The van der Waals surface area contributed by atoms with Gasteiger partial charge in [0.15, 0.2) is 0 Å². The van der Waals surface area contributed by atoms with E-state index in [-0.39, 0.29) is 0 Å². The molecular formula is C11H19N3. The Labute approximate surface area is 85.8 Å². The lowest BCUT2D eigenvalue weighted by atomic mass is 10.2. The smallest absolute Gasteiger partial charge is 0.0950 e. The molecule has 3 nitrogen and oxygen atoms in total. The maximum atomic E-state index is 4.12. The lowest BCUT2D eigenvalue weighted by molar-refractivity contribution is 0.750. The summed E-state index contributed by atoms with van der Waals surface area (Å²) >= 11 is 0. The van der Waals surface area contributed by atoms with Crippen LogP contribution >= 0.6 is 0 Å². The van der Waals surface area contributed by atoms with Crippen LogP contribution in [0.3, 0.4) is 0 Å². The van der Waals surface area contributed by atoms with Crippen molar-refractivity contribution in [3.63, 3.8) is 0 Å². The molecule has 1 heterocycles. The summed E-state index contributed by atoms with van der Waals surface area (Å²) in [6, 6.07) is 0. The molecule has 0 aliphatic heterocycles. The van der Waals surface area contributed by atoms with Crippen molar-refractivity contribution < 1.29 is 0 Å². The van der Waals surface area contributed by atoms with Gasteiger partial charge in [-0.25, -0.2) is 4.98 Å². The van der Waals surface area contributed by atoms with E-state index in [2.05, 4.69) is 41.7 Å². The second-order valence-corrected chi connectivity index (χ2v) is 3.38. The summed E-state index contributed by atoms with van der Waals surface area (Å²) in [6.07, 6.45) is 5.95. The summed E-state index contributed by atoms with van der Waals surface area (Å²) < 4.78 is 2.13. The van der Waals surface area contributed by atoms with E-state index in [4.69, 9.17) is 0 Å². The first-order valence-electron chi connectivity index (χ1n) is 5.16. The topological polar surface area (TPSA) is 29.9 Å². The minimum absolute atomic E-state index is 0.950. The summed E-state index contributed by atoms with van der Waals surface area (Å²) in [7, 11) is 0.